The maximum absolute atomic E-state index is 11.7. The third kappa shape index (κ3) is 7.02. The van der Waals surface area contributed by atoms with Gasteiger partial charge >= 0.3 is 5.97 Å². The van der Waals surface area contributed by atoms with Crippen molar-refractivity contribution in [3.63, 3.8) is 0 Å². The molecule has 0 spiro atoms. The summed E-state index contributed by atoms with van der Waals surface area (Å²) in [6, 6.07) is 4.87. The van der Waals surface area contributed by atoms with Crippen LogP contribution in [0.3, 0.4) is 0 Å². The molecule has 1 aromatic rings. The number of unbranched alkanes of at least 4 members (excludes halogenated alkanes) is 2. The second kappa shape index (κ2) is 9.27. The molecule has 0 heterocycles. The molecule has 0 aliphatic heterocycles. The number of phenolic OH excluding ortho intramolecular Hbond substituents is 1. The lowest BCUT2D eigenvalue weighted by Crippen LogP contribution is -2.09. The maximum atomic E-state index is 11.7. The summed E-state index contributed by atoms with van der Waals surface area (Å²) in [4.78, 5) is 11.7. The highest BCUT2D eigenvalue weighted by Crippen LogP contribution is 2.26. The standard InChI is InChI=1S/C17H26O4/c1-13(2)7-5-4-6-10-21-17(19)12-14-8-9-15(18)16(11-14)20-3/h8-9,11,13,18H,4-7,10,12H2,1-3H3. The summed E-state index contributed by atoms with van der Waals surface area (Å²) in [6.45, 7) is 4.91. The molecule has 0 radical (unpaired) electrons. The maximum Gasteiger partial charge on any atom is 0.310 e. The van der Waals surface area contributed by atoms with E-state index >= 15 is 0 Å². The average molecular weight is 294 g/mol. The van der Waals surface area contributed by atoms with Crippen LogP contribution in [-0.4, -0.2) is 24.8 Å². The van der Waals surface area contributed by atoms with Crippen molar-refractivity contribution in [1.82, 2.24) is 0 Å². The molecule has 1 N–H and O–H groups in total. The Morgan fingerprint density at radius 1 is 1.24 bits per heavy atom. The molecule has 0 saturated heterocycles. The molecule has 0 amide bonds. The summed E-state index contributed by atoms with van der Waals surface area (Å²) in [5, 5.41) is 9.49. The van der Waals surface area contributed by atoms with Crippen LogP contribution in [0.5, 0.6) is 11.5 Å². The summed E-state index contributed by atoms with van der Waals surface area (Å²) in [7, 11) is 1.48. The van der Waals surface area contributed by atoms with Gasteiger partial charge in [0.25, 0.3) is 0 Å². The van der Waals surface area contributed by atoms with Gasteiger partial charge in [-0.15, -0.1) is 0 Å². The molecular formula is C17H26O4. The van der Waals surface area contributed by atoms with Crippen LogP contribution in [0.15, 0.2) is 18.2 Å². The molecule has 0 aliphatic carbocycles. The van der Waals surface area contributed by atoms with Gasteiger partial charge in [0.15, 0.2) is 11.5 Å². The molecule has 1 rings (SSSR count). The van der Waals surface area contributed by atoms with Crippen LogP contribution >= 0.6 is 0 Å². The van der Waals surface area contributed by atoms with Gasteiger partial charge in [-0.3, -0.25) is 4.79 Å². The Kier molecular flexibility index (Phi) is 7.65. The highest BCUT2D eigenvalue weighted by molar-refractivity contribution is 5.72. The zero-order chi connectivity index (χ0) is 15.7. The Balaban J connectivity index is 2.24. The largest absolute Gasteiger partial charge is 0.504 e. The second-order valence-corrected chi connectivity index (χ2v) is 5.65. The molecule has 4 heteroatoms. The number of carbonyl (C=O) groups excluding carboxylic acids is 1. The van der Waals surface area contributed by atoms with Gasteiger partial charge in [-0.1, -0.05) is 39.2 Å². The lowest BCUT2D eigenvalue weighted by atomic mass is 10.1. The zero-order valence-corrected chi connectivity index (χ0v) is 13.2. The van der Waals surface area contributed by atoms with E-state index in [4.69, 9.17) is 9.47 Å². The predicted octanol–water partition coefficient (Wildman–Crippen LogP) is 3.70. The van der Waals surface area contributed by atoms with E-state index < -0.39 is 0 Å². The highest BCUT2D eigenvalue weighted by Gasteiger charge is 2.08. The third-order valence-electron chi connectivity index (χ3n) is 3.28. The Hall–Kier alpha value is -1.71. The quantitative estimate of drug-likeness (QED) is 0.557. The predicted molar refractivity (Wildman–Crippen MR) is 82.6 cm³/mol. The molecule has 0 aromatic heterocycles. The number of rotatable bonds is 9. The average Bonchev–Trinajstić information content (AvgIpc) is 2.44. The van der Waals surface area contributed by atoms with Crippen molar-refractivity contribution in [2.24, 2.45) is 5.92 Å². The number of ether oxygens (including phenoxy) is 2. The van der Waals surface area contributed by atoms with Gasteiger partial charge in [-0.25, -0.2) is 0 Å². The first kappa shape index (κ1) is 17.3. The highest BCUT2D eigenvalue weighted by atomic mass is 16.5. The van der Waals surface area contributed by atoms with E-state index in [0.717, 1.165) is 24.3 Å². The number of hydrogen-bond acceptors (Lipinski definition) is 4. The Morgan fingerprint density at radius 3 is 2.67 bits per heavy atom. The van der Waals surface area contributed by atoms with Crippen molar-refractivity contribution in [1.29, 1.82) is 0 Å². The molecule has 0 bridgehead atoms. The van der Waals surface area contributed by atoms with Gasteiger partial charge in [-0.2, -0.15) is 0 Å². The number of esters is 1. The fourth-order valence-electron chi connectivity index (χ4n) is 2.07. The van der Waals surface area contributed by atoms with Crippen molar-refractivity contribution in [3.8, 4) is 11.5 Å². The van der Waals surface area contributed by atoms with Crippen molar-refractivity contribution < 1.29 is 19.4 Å². The molecule has 118 valence electrons. The molecule has 1 aromatic carbocycles. The van der Waals surface area contributed by atoms with Crippen LogP contribution in [0.25, 0.3) is 0 Å². The minimum Gasteiger partial charge on any atom is -0.504 e. The summed E-state index contributed by atoms with van der Waals surface area (Å²) < 4.78 is 10.2. The number of phenols is 1. The fraction of sp³-hybridized carbons (Fsp3) is 0.588. The second-order valence-electron chi connectivity index (χ2n) is 5.65. The van der Waals surface area contributed by atoms with E-state index in [0.29, 0.717) is 12.4 Å². The van der Waals surface area contributed by atoms with E-state index in [1.807, 2.05) is 0 Å². The summed E-state index contributed by atoms with van der Waals surface area (Å²) in [5.74, 6) is 0.928. The first-order valence-corrected chi connectivity index (χ1v) is 7.54. The number of hydrogen-bond donors (Lipinski definition) is 1. The molecule has 0 fully saturated rings. The molecule has 4 nitrogen and oxygen atoms in total. The smallest absolute Gasteiger partial charge is 0.310 e. The number of methoxy groups -OCH3 is 1. The number of benzene rings is 1. The van der Waals surface area contributed by atoms with Crippen LogP contribution in [0.2, 0.25) is 0 Å². The van der Waals surface area contributed by atoms with Crippen LogP contribution in [0.1, 0.15) is 45.1 Å². The Morgan fingerprint density at radius 2 is 2.00 bits per heavy atom. The first-order chi connectivity index (χ1) is 10.0. The lowest BCUT2D eigenvalue weighted by Gasteiger charge is -2.08. The van der Waals surface area contributed by atoms with Crippen LogP contribution < -0.4 is 4.74 Å². The monoisotopic (exact) mass is 294 g/mol. The van der Waals surface area contributed by atoms with Crippen molar-refractivity contribution in [2.45, 2.75) is 46.0 Å². The number of aromatic hydroxyl groups is 1. The molecule has 0 saturated carbocycles. The van der Waals surface area contributed by atoms with E-state index in [1.165, 1.54) is 26.0 Å². The minimum absolute atomic E-state index is 0.0692. The van der Waals surface area contributed by atoms with Gasteiger partial charge in [0.2, 0.25) is 0 Å². The van der Waals surface area contributed by atoms with Gasteiger partial charge in [0.05, 0.1) is 20.1 Å². The number of carbonyl (C=O) groups is 1. The summed E-state index contributed by atoms with van der Waals surface area (Å²) in [5.41, 5.74) is 0.773. The van der Waals surface area contributed by atoms with Crippen molar-refractivity contribution in [3.05, 3.63) is 23.8 Å². The van der Waals surface area contributed by atoms with Gasteiger partial charge < -0.3 is 14.6 Å². The SMILES string of the molecule is COc1cc(CC(=O)OCCCCCC(C)C)ccc1O. The first-order valence-electron chi connectivity index (χ1n) is 7.54. The molecule has 21 heavy (non-hydrogen) atoms. The van der Waals surface area contributed by atoms with Crippen molar-refractivity contribution >= 4 is 5.97 Å². The third-order valence-corrected chi connectivity index (χ3v) is 3.28. The van der Waals surface area contributed by atoms with Crippen LogP contribution in [-0.2, 0) is 16.0 Å². The van der Waals surface area contributed by atoms with Gasteiger partial charge in [-0.05, 0) is 30.0 Å². The summed E-state index contributed by atoms with van der Waals surface area (Å²) in [6.07, 6.45) is 4.62. The van der Waals surface area contributed by atoms with Gasteiger partial charge in [0, 0.05) is 0 Å². The molecule has 0 aliphatic rings. The Labute approximate surface area is 127 Å². The lowest BCUT2D eigenvalue weighted by molar-refractivity contribution is -0.142. The fourth-order valence-corrected chi connectivity index (χ4v) is 2.07. The molecule has 0 atom stereocenters. The van der Waals surface area contributed by atoms with E-state index in [9.17, 15) is 9.90 Å². The van der Waals surface area contributed by atoms with Gasteiger partial charge in [0.1, 0.15) is 0 Å². The minimum atomic E-state index is -0.244. The van der Waals surface area contributed by atoms with E-state index in [-0.39, 0.29) is 18.1 Å². The zero-order valence-electron chi connectivity index (χ0n) is 13.2. The normalized spacial score (nSPS) is 10.7. The van der Waals surface area contributed by atoms with Crippen molar-refractivity contribution in [2.75, 3.05) is 13.7 Å². The topological polar surface area (TPSA) is 55.8 Å². The summed E-state index contributed by atoms with van der Waals surface area (Å²) >= 11 is 0. The Bertz CT molecular complexity index is 440. The molecular weight excluding hydrogens is 268 g/mol. The van der Waals surface area contributed by atoms with Crippen LogP contribution in [0.4, 0.5) is 0 Å². The molecule has 0 unspecified atom stereocenters. The van der Waals surface area contributed by atoms with E-state index in [2.05, 4.69) is 13.8 Å². The van der Waals surface area contributed by atoms with E-state index in [1.54, 1.807) is 12.1 Å². The van der Waals surface area contributed by atoms with Crippen LogP contribution in [0, 0.1) is 5.92 Å².